The van der Waals surface area contributed by atoms with Crippen molar-refractivity contribution in [3.05, 3.63) is 0 Å². The largest absolute Gasteiger partial charge is 0.469 e. The number of methoxy groups -OCH3 is 1. The molecule has 1 aliphatic rings. The Hall–Kier alpha value is -0.700. The molecule has 1 aliphatic heterocycles. The molecule has 1 atom stereocenters. The molecule has 1 heterocycles. The first-order valence-corrected chi connectivity index (χ1v) is 8.33. The summed E-state index contributed by atoms with van der Waals surface area (Å²) in [6.45, 7) is 4.11. The molecule has 7 nitrogen and oxygen atoms in total. The molecule has 1 rings (SSSR count). The van der Waals surface area contributed by atoms with Crippen molar-refractivity contribution in [2.24, 2.45) is 0 Å². The van der Waals surface area contributed by atoms with Crippen LogP contribution < -0.4 is 5.32 Å². The van der Waals surface area contributed by atoms with Crippen LogP contribution in [0.25, 0.3) is 0 Å². The molecule has 0 aromatic carbocycles. The molecule has 8 heteroatoms. The maximum Gasteiger partial charge on any atom is 0.306 e. The van der Waals surface area contributed by atoms with Crippen molar-refractivity contribution in [2.45, 2.75) is 32.2 Å². The average molecular weight is 307 g/mol. The molecular formula is C12H25N3O4S. The quantitative estimate of drug-likeness (QED) is 0.628. The number of carbonyl (C=O) groups excluding carboxylic acids is 1. The van der Waals surface area contributed by atoms with Gasteiger partial charge in [-0.3, -0.25) is 4.79 Å². The van der Waals surface area contributed by atoms with Gasteiger partial charge in [-0.1, -0.05) is 6.92 Å². The van der Waals surface area contributed by atoms with E-state index >= 15 is 0 Å². The highest BCUT2D eigenvalue weighted by Crippen LogP contribution is 2.17. The molecule has 0 spiro atoms. The molecule has 1 N–H and O–H groups in total. The van der Waals surface area contributed by atoms with Crippen LogP contribution in [0.5, 0.6) is 0 Å². The van der Waals surface area contributed by atoms with Crippen LogP contribution in [0.3, 0.4) is 0 Å². The highest BCUT2D eigenvalue weighted by Gasteiger charge is 2.34. The lowest BCUT2D eigenvalue weighted by atomic mass is 10.2. The minimum absolute atomic E-state index is 0.000488. The molecule has 0 aromatic rings. The molecule has 0 radical (unpaired) electrons. The third kappa shape index (κ3) is 4.41. The molecule has 0 amide bonds. The van der Waals surface area contributed by atoms with Gasteiger partial charge in [0.15, 0.2) is 0 Å². The predicted octanol–water partition coefficient (Wildman–Crippen LogP) is -0.200. The second kappa shape index (κ2) is 7.92. The van der Waals surface area contributed by atoms with Crippen LogP contribution in [0.4, 0.5) is 0 Å². The number of nitrogens with one attached hydrogen (secondary N) is 1. The zero-order valence-electron chi connectivity index (χ0n) is 12.5. The van der Waals surface area contributed by atoms with Gasteiger partial charge < -0.3 is 10.1 Å². The number of hydrogen-bond acceptors (Lipinski definition) is 5. The van der Waals surface area contributed by atoms with Crippen molar-refractivity contribution in [2.75, 3.05) is 40.3 Å². The fourth-order valence-electron chi connectivity index (χ4n) is 2.24. The summed E-state index contributed by atoms with van der Waals surface area (Å²) in [6, 6.07) is 0.000488. The fourth-order valence-corrected chi connectivity index (χ4v) is 3.89. The molecule has 1 unspecified atom stereocenters. The summed E-state index contributed by atoms with van der Waals surface area (Å²) < 4.78 is 32.5. The van der Waals surface area contributed by atoms with Crippen molar-refractivity contribution in [1.29, 1.82) is 0 Å². The molecule has 1 saturated heterocycles. The van der Waals surface area contributed by atoms with Crippen LogP contribution in [0, 0.1) is 0 Å². The van der Waals surface area contributed by atoms with Crippen molar-refractivity contribution < 1.29 is 17.9 Å². The van der Waals surface area contributed by atoms with E-state index in [2.05, 4.69) is 10.1 Å². The maximum absolute atomic E-state index is 12.6. The first kappa shape index (κ1) is 17.4. The molecule has 0 saturated carbocycles. The van der Waals surface area contributed by atoms with E-state index < -0.39 is 16.2 Å². The van der Waals surface area contributed by atoms with Crippen molar-refractivity contribution in [1.82, 2.24) is 13.9 Å². The number of hydrogen-bond donors (Lipinski definition) is 1. The summed E-state index contributed by atoms with van der Waals surface area (Å²) in [7, 11) is -0.732. The maximum atomic E-state index is 12.6. The monoisotopic (exact) mass is 307 g/mol. The summed E-state index contributed by atoms with van der Waals surface area (Å²) in [5.41, 5.74) is 0. The van der Waals surface area contributed by atoms with Gasteiger partial charge in [0, 0.05) is 32.7 Å². The molecule has 0 aromatic heterocycles. The van der Waals surface area contributed by atoms with Gasteiger partial charge >= 0.3 is 5.97 Å². The van der Waals surface area contributed by atoms with E-state index in [1.807, 2.05) is 6.92 Å². The average Bonchev–Trinajstić information content (AvgIpc) is 2.94. The zero-order valence-corrected chi connectivity index (χ0v) is 13.3. The molecule has 20 heavy (non-hydrogen) atoms. The van der Waals surface area contributed by atoms with Crippen LogP contribution >= 0.6 is 0 Å². The highest BCUT2D eigenvalue weighted by molar-refractivity contribution is 7.86. The van der Waals surface area contributed by atoms with E-state index in [0.29, 0.717) is 13.1 Å². The van der Waals surface area contributed by atoms with Crippen LogP contribution in [0.15, 0.2) is 0 Å². The van der Waals surface area contributed by atoms with Crippen LogP contribution in [0.1, 0.15) is 26.2 Å². The standard InChI is InChI=1S/C12H25N3O4S/c1-4-8-15(11-5-7-13-10-11)20(17,18)14(2)9-6-12(16)19-3/h11,13H,4-10H2,1-3H3. The number of ether oxygens (including phenoxy) is 1. The minimum atomic E-state index is -3.53. The van der Waals surface area contributed by atoms with Crippen molar-refractivity contribution in [3.8, 4) is 0 Å². The summed E-state index contributed by atoms with van der Waals surface area (Å²) in [5.74, 6) is -0.406. The highest BCUT2D eigenvalue weighted by atomic mass is 32.2. The lowest BCUT2D eigenvalue weighted by Gasteiger charge is -2.31. The second-order valence-electron chi connectivity index (χ2n) is 4.91. The Morgan fingerprint density at radius 1 is 1.40 bits per heavy atom. The van der Waals surface area contributed by atoms with E-state index in [0.717, 1.165) is 19.4 Å². The van der Waals surface area contributed by atoms with Gasteiger partial charge in [-0.05, 0) is 19.4 Å². The van der Waals surface area contributed by atoms with Crippen molar-refractivity contribution in [3.63, 3.8) is 0 Å². The van der Waals surface area contributed by atoms with Crippen LogP contribution in [-0.4, -0.2) is 69.4 Å². The van der Waals surface area contributed by atoms with Crippen molar-refractivity contribution >= 4 is 16.2 Å². The number of rotatable bonds is 8. The lowest BCUT2D eigenvalue weighted by Crippen LogP contribution is -2.48. The smallest absolute Gasteiger partial charge is 0.306 e. The fraction of sp³-hybridized carbons (Fsp3) is 0.917. The number of carbonyl (C=O) groups is 1. The Balaban J connectivity index is 2.72. The van der Waals surface area contributed by atoms with Gasteiger partial charge in [-0.25, -0.2) is 0 Å². The van der Waals surface area contributed by atoms with E-state index in [9.17, 15) is 13.2 Å². The predicted molar refractivity (Wildman–Crippen MR) is 76.5 cm³/mol. The first-order valence-electron chi connectivity index (χ1n) is 6.94. The number of nitrogens with zero attached hydrogens (tertiary/aromatic N) is 2. The summed E-state index contributed by atoms with van der Waals surface area (Å²) >= 11 is 0. The Morgan fingerprint density at radius 3 is 2.60 bits per heavy atom. The van der Waals surface area contributed by atoms with Gasteiger partial charge in [0.25, 0.3) is 10.2 Å². The second-order valence-corrected chi connectivity index (χ2v) is 6.90. The van der Waals surface area contributed by atoms with Gasteiger partial charge in [0.1, 0.15) is 0 Å². The van der Waals surface area contributed by atoms with Crippen LogP contribution in [0.2, 0.25) is 0 Å². The molecular weight excluding hydrogens is 282 g/mol. The van der Waals surface area contributed by atoms with Gasteiger partial charge in [-0.2, -0.15) is 17.0 Å². The zero-order chi connectivity index (χ0) is 15.2. The molecule has 0 bridgehead atoms. The Bertz CT molecular complexity index is 407. The van der Waals surface area contributed by atoms with Gasteiger partial charge in [0.05, 0.1) is 13.5 Å². The Morgan fingerprint density at radius 2 is 2.10 bits per heavy atom. The lowest BCUT2D eigenvalue weighted by molar-refractivity contribution is -0.140. The summed E-state index contributed by atoms with van der Waals surface area (Å²) in [6.07, 6.45) is 1.65. The summed E-state index contributed by atoms with van der Waals surface area (Å²) in [5, 5.41) is 3.18. The Labute approximate surface area is 121 Å². The Kier molecular flexibility index (Phi) is 6.87. The summed E-state index contributed by atoms with van der Waals surface area (Å²) in [4.78, 5) is 11.1. The van der Waals surface area contributed by atoms with Gasteiger partial charge in [0.2, 0.25) is 0 Å². The molecule has 118 valence electrons. The minimum Gasteiger partial charge on any atom is -0.469 e. The van der Waals surface area contributed by atoms with E-state index in [1.54, 1.807) is 4.31 Å². The normalized spacial score (nSPS) is 19.8. The topological polar surface area (TPSA) is 79.0 Å². The third-order valence-electron chi connectivity index (χ3n) is 3.43. The SMILES string of the molecule is CCCN(C1CCNC1)S(=O)(=O)N(C)CCC(=O)OC. The van der Waals surface area contributed by atoms with Gasteiger partial charge in [-0.15, -0.1) is 0 Å². The first-order chi connectivity index (χ1) is 9.43. The van der Waals surface area contributed by atoms with Crippen LogP contribution in [-0.2, 0) is 19.7 Å². The molecule has 1 fully saturated rings. The van der Waals surface area contributed by atoms with E-state index in [4.69, 9.17) is 0 Å². The number of esters is 1. The van der Waals surface area contributed by atoms with E-state index in [1.165, 1.54) is 18.5 Å². The van der Waals surface area contributed by atoms with E-state index in [-0.39, 0.29) is 19.0 Å². The molecule has 0 aliphatic carbocycles. The third-order valence-corrected chi connectivity index (χ3v) is 5.48.